The molecular formula is C15H20O4. The normalized spacial score (nSPS) is 10.9. The number of hydrogen-bond donors (Lipinski definition) is 1. The summed E-state index contributed by atoms with van der Waals surface area (Å²) in [5.41, 5.74) is 0.760. The van der Waals surface area contributed by atoms with Gasteiger partial charge >= 0.3 is 5.97 Å². The minimum Gasteiger partial charge on any atom is -0.504 e. The number of carbonyl (C=O) groups is 1. The summed E-state index contributed by atoms with van der Waals surface area (Å²) < 4.78 is 10.0. The van der Waals surface area contributed by atoms with Gasteiger partial charge in [-0.3, -0.25) is 0 Å². The van der Waals surface area contributed by atoms with Crippen LogP contribution in [0.25, 0.3) is 6.08 Å². The van der Waals surface area contributed by atoms with Crippen molar-refractivity contribution in [3.05, 3.63) is 29.8 Å². The number of aromatic hydroxyl groups is 1. The SMILES string of the molecule is COc1cc(/C=C/C(=O)OCCC(C)C)ccc1O. The maximum atomic E-state index is 11.4. The number of benzene rings is 1. The Morgan fingerprint density at radius 1 is 1.42 bits per heavy atom. The molecule has 0 atom stereocenters. The lowest BCUT2D eigenvalue weighted by molar-refractivity contribution is -0.137. The summed E-state index contributed by atoms with van der Waals surface area (Å²) in [6.45, 7) is 4.58. The molecule has 1 rings (SSSR count). The van der Waals surface area contributed by atoms with Gasteiger partial charge in [0.05, 0.1) is 13.7 Å². The van der Waals surface area contributed by atoms with E-state index in [1.54, 1.807) is 18.2 Å². The minimum atomic E-state index is -0.368. The van der Waals surface area contributed by atoms with Gasteiger partial charge in [0.15, 0.2) is 11.5 Å². The molecule has 0 amide bonds. The van der Waals surface area contributed by atoms with Crippen molar-refractivity contribution in [1.29, 1.82) is 0 Å². The summed E-state index contributed by atoms with van der Waals surface area (Å²) in [5.74, 6) is 0.584. The first-order chi connectivity index (χ1) is 9.02. The van der Waals surface area contributed by atoms with E-state index < -0.39 is 0 Å². The number of methoxy groups -OCH3 is 1. The maximum Gasteiger partial charge on any atom is 0.330 e. The average molecular weight is 264 g/mol. The Hall–Kier alpha value is -1.97. The van der Waals surface area contributed by atoms with Crippen molar-refractivity contribution >= 4 is 12.0 Å². The summed E-state index contributed by atoms with van der Waals surface area (Å²) >= 11 is 0. The molecule has 1 aromatic carbocycles. The molecule has 0 aliphatic carbocycles. The van der Waals surface area contributed by atoms with Crippen molar-refractivity contribution in [3.8, 4) is 11.5 Å². The Morgan fingerprint density at radius 3 is 2.79 bits per heavy atom. The Bertz CT molecular complexity index is 449. The van der Waals surface area contributed by atoms with Crippen LogP contribution >= 0.6 is 0 Å². The average Bonchev–Trinajstić information content (AvgIpc) is 2.37. The molecule has 0 aliphatic heterocycles. The van der Waals surface area contributed by atoms with Crippen LogP contribution in [0.5, 0.6) is 11.5 Å². The van der Waals surface area contributed by atoms with Gasteiger partial charge < -0.3 is 14.6 Å². The molecule has 4 heteroatoms. The number of hydrogen-bond acceptors (Lipinski definition) is 4. The first kappa shape index (κ1) is 15.1. The Morgan fingerprint density at radius 2 is 2.16 bits per heavy atom. The lowest BCUT2D eigenvalue weighted by Crippen LogP contribution is -2.04. The summed E-state index contributed by atoms with van der Waals surface area (Å²) in [6.07, 6.45) is 3.85. The van der Waals surface area contributed by atoms with Gasteiger partial charge in [0.1, 0.15) is 0 Å². The highest BCUT2D eigenvalue weighted by Gasteiger charge is 2.02. The van der Waals surface area contributed by atoms with E-state index in [0.29, 0.717) is 18.3 Å². The fourth-order valence-corrected chi connectivity index (χ4v) is 1.41. The zero-order chi connectivity index (χ0) is 14.3. The van der Waals surface area contributed by atoms with Crippen molar-refractivity contribution in [3.63, 3.8) is 0 Å². The molecule has 0 saturated heterocycles. The second kappa shape index (κ2) is 7.46. The van der Waals surface area contributed by atoms with E-state index in [1.807, 2.05) is 0 Å². The standard InChI is InChI=1S/C15H20O4/c1-11(2)8-9-19-15(17)7-5-12-4-6-13(16)14(10-12)18-3/h4-7,10-11,16H,8-9H2,1-3H3/b7-5+. The van der Waals surface area contributed by atoms with Crippen LogP contribution in [0.4, 0.5) is 0 Å². The van der Waals surface area contributed by atoms with Crippen LogP contribution in [0, 0.1) is 5.92 Å². The quantitative estimate of drug-likeness (QED) is 0.634. The van der Waals surface area contributed by atoms with E-state index in [9.17, 15) is 9.90 Å². The monoisotopic (exact) mass is 264 g/mol. The molecule has 104 valence electrons. The third kappa shape index (κ3) is 5.46. The molecule has 0 unspecified atom stereocenters. The number of carbonyl (C=O) groups excluding carboxylic acids is 1. The summed E-state index contributed by atoms with van der Waals surface area (Å²) in [7, 11) is 1.47. The lowest BCUT2D eigenvalue weighted by Gasteiger charge is -2.05. The van der Waals surface area contributed by atoms with E-state index >= 15 is 0 Å². The molecule has 0 aromatic heterocycles. The van der Waals surface area contributed by atoms with Gasteiger partial charge in [0.25, 0.3) is 0 Å². The van der Waals surface area contributed by atoms with Crippen LogP contribution in [0.15, 0.2) is 24.3 Å². The molecule has 0 spiro atoms. The van der Waals surface area contributed by atoms with Gasteiger partial charge in [0, 0.05) is 6.08 Å². The zero-order valence-electron chi connectivity index (χ0n) is 11.6. The number of rotatable bonds is 6. The maximum absolute atomic E-state index is 11.4. The first-order valence-electron chi connectivity index (χ1n) is 6.24. The number of ether oxygens (including phenoxy) is 2. The van der Waals surface area contributed by atoms with Crippen molar-refractivity contribution in [2.45, 2.75) is 20.3 Å². The molecule has 0 radical (unpaired) electrons. The van der Waals surface area contributed by atoms with Crippen LogP contribution in [0.1, 0.15) is 25.8 Å². The van der Waals surface area contributed by atoms with Crippen LogP contribution in [-0.2, 0) is 9.53 Å². The Kier molecular flexibility index (Phi) is 5.93. The van der Waals surface area contributed by atoms with E-state index in [4.69, 9.17) is 9.47 Å². The van der Waals surface area contributed by atoms with Crippen molar-refractivity contribution in [2.75, 3.05) is 13.7 Å². The largest absolute Gasteiger partial charge is 0.504 e. The van der Waals surface area contributed by atoms with E-state index in [0.717, 1.165) is 12.0 Å². The lowest BCUT2D eigenvalue weighted by atomic mass is 10.1. The fraction of sp³-hybridized carbons (Fsp3) is 0.400. The molecule has 0 bridgehead atoms. The third-order valence-electron chi connectivity index (χ3n) is 2.56. The van der Waals surface area contributed by atoms with Crippen molar-refractivity contribution in [1.82, 2.24) is 0 Å². The molecule has 0 fully saturated rings. The van der Waals surface area contributed by atoms with Gasteiger partial charge in [-0.1, -0.05) is 19.9 Å². The fourth-order valence-electron chi connectivity index (χ4n) is 1.41. The number of esters is 1. The van der Waals surface area contributed by atoms with Crippen LogP contribution in [-0.4, -0.2) is 24.8 Å². The molecular weight excluding hydrogens is 244 g/mol. The van der Waals surface area contributed by atoms with E-state index in [2.05, 4.69) is 13.8 Å². The molecule has 4 nitrogen and oxygen atoms in total. The Balaban J connectivity index is 2.54. The zero-order valence-corrected chi connectivity index (χ0v) is 11.6. The van der Waals surface area contributed by atoms with Gasteiger partial charge in [-0.25, -0.2) is 4.79 Å². The van der Waals surface area contributed by atoms with Crippen LogP contribution in [0.2, 0.25) is 0 Å². The second-order valence-electron chi connectivity index (χ2n) is 4.61. The highest BCUT2D eigenvalue weighted by Crippen LogP contribution is 2.26. The van der Waals surface area contributed by atoms with Crippen LogP contribution < -0.4 is 4.74 Å². The predicted molar refractivity (Wildman–Crippen MR) is 74.1 cm³/mol. The predicted octanol–water partition coefficient (Wildman–Crippen LogP) is 3.00. The molecule has 1 aromatic rings. The minimum absolute atomic E-state index is 0.0687. The molecule has 19 heavy (non-hydrogen) atoms. The molecule has 0 saturated carbocycles. The van der Waals surface area contributed by atoms with Crippen molar-refractivity contribution < 1.29 is 19.4 Å². The van der Waals surface area contributed by atoms with E-state index in [-0.39, 0.29) is 11.7 Å². The van der Waals surface area contributed by atoms with Gasteiger partial charge in [-0.05, 0) is 36.1 Å². The molecule has 0 aliphatic rings. The number of phenols is 1. The summed E-state index contributed by atoms with van der Waals surface area (Å²) in [6, 6.07) is 4.85. The highest BCUT2D eigenvalue weighted by molar-refractivity contribution is 5.87. The van der Waals surface area contributed by atoms with Gasteiger partial charge in [-0.15, -0.1) is 0 Å². The molecule has 1 N–H and O–H groups in total. The first-order valence-corrected chi connectivity index (χ1v) is 6.24. The van der Waals surface area contributed by atoms with Crippen LogP contribution in [0.3, 0.4) is 0 Å². The van der Waals surface area contributed by atoms with Gasteiger partial charge in [-0.2, -0.15) is 0 Å². The third-order valence-corrected chi connectivity index (χ3v) is 2.56. The topological polar surface area (TPSA) is 55.8 Å². The highest BCUT2D eigenvalue weighted by atomic mass is 16.5. The molecule has 0 heterocycles. The number of phenolic OH excluding ortho intramolecular Hbond substituents is 1. The summed E-state index contributed by atoms with van der Waals surface area (Å²) in [4.78, 5) is 11.4. The van der Waals surface area contributed by atoms with Crippen molar-refractivity contribution in [2.24, 2.45) is 5.92 Å². The smallest absolute Gasteiger partial charge is 0.330 e. The summed E-state index contributed by atoms with van der Waals surface area (Å²) in [5, 5.41) is 9.44. The Labute approximate surface area is 113 Å². The van der Waals surface area contributed by atoms with Gasteiger partial charge in [0.2, 0.25) is 0 Å². The van der Waals surface area contributed by atoms with E-state index in [1.165, 1.54) is 19.3 Å². The second-order valence-corrected chi connectivity index (χ2v) is 4.61.